The lowest BCUT2D eigenvalue weighted by molar-refractivity contribution is -0.0295. The van der Waals surface area contributed by atoms with Crippen LogP contribution in [0.3, 0.4) is 0 Å². The lowest BCUT2D eigenvalue weighted by atomic mass is 9.97. The molecule has 2 aliphatic rings. The number of rotatable bonds is 8. The van der Waals surface area contributed by atoms with E-state index in [2.05, 4.69) is 0 Å². The summed E-state index contributed by atoms with van der Waals surface area (Å²) < 4.78 is 39.1. The Morgan fingerprint density at radius 2 is 1.25 bits per heavy atom. The first-order chi connectivity index (χ1) is 17.4. The van der Waals surface area contributed by atoms with Gasteiger partial charge in [-0.15, -0.1) is 0 Å². The van der Waals surface area contributed by atoms with Crippen molar-refractivity contribution in [2.24, 2.45) is 0 Å². The third-order valence-electron chi connectivity index (χ3n) is 7.00. The molecule has 0 saturated heterocycles. The maximum absolute atomic E-state index is 13.5. The van der Waals surface area contributed by atoms with Gasteiger partial charge in [0.2, 0.25) is 0 Å². The van der Waals surface area contributed by atoms with Crippen molar-refractivity contribution < 1.29 is 28.5 Å². The van der Waals surface area contributed by atoms with E-state index in [0.29, 0.717) is 56.8 Å². The first-order valence-corrected chi connectivity index (χ1v) is 12.5. The number of hydrogen-bond acceptors (Lipinski definition) is 5. The van der Waals surface area contributed by atoms with E-state index in [4.69, 9.17) is 9.47 Å². The Balaban J connectivity index is 1.26. The number of aryl methyl sites for hydroxylation is 2. The Morgan fingerprint density at radius 1 is 0.750 bits per heavy atom. The van der Waals surface area contributed by atoms with Gasteiger partial charge in [-0.05, 0) is 78.8 Å². The van der Waals surface area contributed by atoms with Crippen molar-refractivity contribution in [1.82, 2.24) is 4.90 Å². The van der Waals surface area contributed by atoms with Crippen LogP contribution in [-0.2, 0) is 19.4 Å². The molecule has 5 nitrogen and oxygen atoms in total. The highest BCUT2D eigenvalue weighted by Crippen LogP contribution is 2.31. The van der Waals surface area contributed by atoms with Crippen molar-refractivity contribution in [3.63, 3.8) is 0 Å². The number of nitrogens with zero attached hydrogens (tertiary/aromatic N) is 1. The molecule has 36 heavy (non-hydrogen) atoms. The molecule has 2 unspecified atom stereocenters. The average molecular weight is 496 g/mol. The van der Waals surface area contributed by atoms with E-state index in [1.54, 1.807) is 12.1 Å². The van der Waals surface area contributed by atoms with Gasteiger partial charge >= 0.3 is 0 Å². The standard InChI is InChI=1S/C29H31F2NO4/c30-22-8-12-26-20(14-22)6-10-28(35-26)24(33)17-32(16-19-4-2-1-3-5-19)18-25(34)29-11-7-21-15-23(31)9-13-27(21)36-29/h1-5,8-9,12-15,24-25,28-29,33-34H,6-7,10-11,16-18H2/t24-,25-,28?,29?/m1/s1. The molecule has 4 atom stereocenters. The van der Waals surface area contributed by atoms with Crippen LogP contribution in [0.15, 0.2) is 66.7 Å². The Morgan fingerprint density at radius 3 is 1.75 bits per heavy atom. The molecule has 190 valence electrons. The molecule has 3 aromatic rings. The summed E-state index contributed by atoms with van der Waals surface area (Å²) in [5, 5.41) is 22.2. The van der Waals surface area contributed by atoms with Gasteiger partial charge in [0.25, 0.3) is 0 Å². The van der Waals surface area contributed by atoms with Crippen LogP contribution in [-0.4, -0.2) is 52.6 Å². The van der Waals surface area contributed by atoms with Gasteiger partial charge in [0.15, 0.2) is 0 Å². The van der Waals surface area contributed by atoms with Crippen molar-refractivity contribution in [2.45, 2.75) is 56.6 Å². The molecule has 2 heterocycles. The summed E-state index contributed by atoms with van der Waals surface area (Å²) in [6, 6.07) is 18.8. The normalized spacial score (nSPS) is 20.6. The van der Waals surface area contributed by atoms with Crippen molar-refractivity contribution in [3.05, 3.63) is 95.1 Å². The number of aliphatic hydroxyl groups excluding tert-OH is 2. The number of fused-ring (bicyclic) bond motifs is 2. The maximum Gasteiger partial charge on any atom is 0.126 e. The third-order valence-corrected chi connectivity index (χ3v) is 7.00. The summed E-state index contributed by atoms with van der Waals surface area (Å²) in [6.07, 6.45) is -0.0167. The highest BCUT2D eigenvalue weighted by molar-refractivity contribution is 5.37. The summed E-state index contributed by atoms with van der Waals surface area (Å²) >= 11 is 0. The molecule has 3 aromatic carbocycles. The predicted octanol–water partition coefficient (Wildman–Crippen LogP) is 4.28. The summed E-state index contributed by atoms with van der Waals surface area (Å²) in [6.45, 7) is 1.13. The van der Waals surface area contributed by atoms with E-state index in [1.165, 1.54) is 24.3 Å². The fraction of sp³-hybridized carbons (Fsp3) is 0.379. The summed E-state index contributed by atoms with van der Waals surface area (Å²) in [4.78, 5) is 2.01. The zero-order chi connectivity index (χ0) is 25.1. The quantitative estimate of drug-likeness (QED) is 0.489. The number of benzene rings is 3. The molecular weight excluding hydrogens is 464 g/mol. The molecule has 2 N–H and O–H groups in total. The monoisotopic (exact) mass is 495 g/mol. The van der Waals surface area contributed by atoms with Gasteiger partial charge in [0.1, 0.15) is 47.5 Å². The highest BCUT2D eigenvalue weighted by atomic mass is 19.1. The molecule has 0 saturated carbocycles. The van der Waals surface area contributed by atoms with Crippen molar-refractivity contribution in [2.75, 3.05) is 13.1 Å². The minimum absolute atomic E-state index is 0.293. The molecule has 0 bridgehead atoms. The fourth-order valence-electron chi connectivity index (χ4n) is 5.11. The first kappa shape index (κ1) is 24.7. The van der Waals surface area contributed by atoms with Gasteiger partial charge in [0.05, 0.1) is 0 Å². The maximum atomic E-state index is 13.5. The lowest BCUT2D eigenvalue weighted by Crippen LogP contribution is -2.48. The SMILES string of the molecule is O[C@H](CN(Cc1ccccc1)C[C@@H](O)C1CCc2cc(F)ccc2O1)C1CCc2cc(F)ccc2O1. The number of aliphatic hydroxyl groups is 2. The van der Waals surface area contributed by atoms with Crippen LogP contribution in [0.25, 0.3) is 0 Å². The van der Waals surface area contributed by atoms with Crippen molar-refractivity contribution in [1.29, 1.82) is 0 Å². The van der Waals surface area contributed by atoms with Crippen molar-refractivity contribution >= 4 is 0 Å². The van der Waals surface area contributed by atoms with E-state index in [0.717, 1.165) is 16.7 Å². The molecular formula is C29H31F2NO4. The third kappa shape index (κ3) is 5.86. The Hall–Kier alpha value is -3.00. The van der Waals surface area contributed by atoms with Gasteiger partial charge in [-0.2, -0.15) is 0 Å². The second kappa shape index (κ2) is 10.9. The number of hydrogen-bond donors (Lipinski definition) is 2. The van der Waals surface area contributed by atoms with Gasteiger partial charge < -0.3 is 19.7 Å². The van der Waals surface area contributed by atoms with Crippen molar-refractivity contribution in [3.8, 4) is 11.5 Å². The molecule has 5 rings (SSSR count). The molecule has 0 amide bonds. The largest absolute Gasteiger partial charge is 0.487 e. The van der Waals surface area contributed by atoms with E-state index < -0.39 is 24.4 Å². The van der Waals surface area contributed by atoms with Gasteiger partial charge in [-0.3, -0.25) is 4.90 Å². The highest BCUT2D eigenvalue weighted by Gasteiger charge is 2.32. The topological polar surface area (TPSA) is 62.2 Å². The van der Waals surface area contributed by atoms with Crippen LogP contribution in [0.5, 0.6) is 11.5 Å². The molecule has 0 aromatic heterocycles. The van der Waals surface area contributed by atoms with E-state index in [-0.39, 0.29) is 11.6 Å². The Labute approximate surface area is 209 Å². The second-order valence-electron chi connectivity index (χ2n) is 9.71. The van der Waals surface area contributed by atoms with E-state index in [9.17, 15) is 19.0 Å². The lowest BCUT2D eigenvalue weighted by Gasteiger charge is -2.35. The van der Waals surface area contributed by atoms with Crippen LogP contribution < -0.4 is 9.47 Å². The zero-order valence-electron chi connectivity index (χ0n) is 20.0. The number of ether oxygens (including phenoxy) is 2. The predicted molar refractivity (Wildman–Crippen MR) is 132 cm³/mol. The summed E-state index contributed by atoms with van der Waals surface area (Å²) in [5.74, 6) is 0.619. The minimum atomic E-state index is -0.796. The molecule has 0 aliphatic carbocycles. The van der Waals surface area contributed by atoms with Gasteiger partial charge in [-0.1, -0.05) is 30.3 Å². The summed E-state index contributed by atoms with van der Waals surface area (Å²) in [7, 11) is 0. The fourth-order valence-corrected chi connectivity index (χ4v) is 5.11. The molecule has 7 heteroatoms. The van der Waals surface area contributed by atoms with Crippen LogP contribution in [0.1, 0.15) is 29.5 Å². The molecule has 0 spiro atoms. The van der Waals surface area contributed by atoms with Gasteiger partial charge in [0, 0.05) is 19.6 Å². The minimum Gasteiger partial charge on any atom is -0.487 e. The first-order valence-electron chi connectivity index (χ1n) is 12.5. The van der Waals surface area contributed by atoms with E-state index >= 15 is 0 Å². The molecule has 0 radical (unpaired) electrons. The zero-order valence-corrected chi connectivity index (χ0v) is 20.0. The van der Waals surface area contributed by atoms with Crippen LogP contribution in [0.2, 0.25) is 0 Å². The van der Waals surface area contributed by atoms with Gasteiger partial charge in [-0.25, -0.2) is 8.78 Å². The second-order valence-corrected chi connectivity index (χ2v) is 9.71. The molecule has 2 aliphatic heterocycles. The smallest absolute Gasteiger partial charge is 0.126 e. The average Bonchev–Trinajstić information content (AvgIpc) is 2.88. The number of halogens is 2. The van der Waals surface area contributed by atoms with Crippen LogP contribution >= 0.6 is 0 Å². The Bertz CT molecular complexity index is 1100. The van der Waals surface area contributed by atoms with E-state index in [1.807, 2.05) is 35.2 Å². The van der Waals surface area contributed by atoms with Crippen LogP contribution in [0, 0.1) is 11.6 Å². The molecule has 0 fully saturated rings. The van der Waals surface area contributed by atoms with Crippen LogP contribution in [0.4, 0.5) is 8.78 Å². The Kier molecular flexibility index (Phi) is 7.51. The summed E-state index contributed by atoms with van der Waals surface area (Å²) in [5.41, 5.74) is 2.68.